The molecule has 218 valence electrons. The van der Waals surface area contributed by atoms with Gasteiger partial charge < -0.3 is 75.2 Å². The third-order valence-electron chi connectivity index (χ3n) is 9.22. The first-order valence-corrected chi connectivity index (χ1v) is 15.7. The quantitative estimate of drug-likeness (QED) is 0.162. The van der Waals surface area contributed by atoms with Crippen LogP contribution in [0.25, 0.3) is 6.08 Å². The number of allylic oxidation sites excluding steroid dienone is 2. The van der Waals surface area contributed by atoms with Crippen LogP contribution in [0.3, 0.4) is 0 Å². The van der Waals surface area contributed by atoms with Crippen LogP contribution >= 0.6 is 45.2 Å². The standard InChI is InChI=1S/C27H47BI2N4O2.2HI/c1-11-33(9,12-2)15-17-35-28(36-18-16-34(10,13-3)14-4)31-22(7)26(29)20(5)24(31)19-25-21(6)27(30)23(8)32(25)28;;/h19H,11-18H2,1-10H3;2*1H/q+2;;/p-2. The molecule has 38 heavy (non-hydrogen) atoms. The highest BCUT2D eigenvalue weighted by molar-refractivity contribution is 14.1. The van der Waals surface area contributed by atoms with E-state index in [2.05, 4.69) is 130 Å². The van der Waals surface area contributed by atoms with Crippen LogP contribution in [-0.4, -0.2) is 97.0 Å². The number of aromatic nitrogens is 1. The maximum absolute atomic E-state index is 7.12. The van der Waals surface area contributed by atoms with Gasteiger partial charge in [0.05, 0.1) is 70.2 Å². The van der Waals surface area contributed by atoms with Gasteiger partial charge in [-0.15, -0.1) is 0 Å². The van der Waals surface area contributed by atoms with Gasteiger partial charge in [-0.05, 0) is 105 Å². The molecule has 0 aliphatic carbocycles. The molecule has 1 aromatic rings. The molecule has 0 bridgehead atoms. The van der Waals surface area contributed by atoms with Crippen molar-refractivity contribution in [3.05, 3.63) is 35.4 Å². The van der Waals surface area contributed by atoms with E-state index in [1.807, 2.05) is 0 Å². The molecule has 0 amide bonds. The molecule has 1 aromatic heterocycles. The molecular weight excluding hydrogens is 931 g/mol. The van der Waals surface area contributed by atoms with Crippen molar-refractivity contribution in [3.63, 3.8) is 0 Å². The highest BCUT2D eigenvalue weighted by Gasteiger charge is 2.56. The summed E-state index contributed by atoms with van der Waals surface area (Å²) in [6.45, 7) is 23.6. The van der Waals surface area contributed by atoms with Gasteiger partial charge in [-0.1, -0.05) is 0 Å². The molecule has 0 N–H and O–H groups in total. The second kappa shape index (κ2) is 14.6. The summed E-state index contributed by atoms with van der Waals surface area (Å²) < 4.78 is 23.6. The molecule has 6 nitrogen and oxygen atoms in total. The van der Waals surface area contributed by atoms with Gasteiger partial charge in [-0.3, -0.25) is 0 Å². The summed E-state index contributed by atoms with van der Waals surface area (Å²) in [5, 5.41) is 0. The monoisotopic (exact) mass is 978 g/mol. The molecule has 2 aliphatic rings. The Morgan fingerprint density at radius 1 is 0.842 bits per heavy atom. The maximum atomic E-state index is 7.12. The summed E-state index contributed by atoms with van der Waals surface area (Å²) in [6.07, 6.45) is 2.35. The van der Waals surface area contributed by atoms with Crippen LogP contribution in [-0.2, 0) is 9.31 Å². The molecule has 0 fully saturated rings. The number of rotatable bonds is 12. The van der Waals surface area contributed by atoms with Gasteiger partial charge in [0, 0.05) is 27.8 Å². The number of likely N-dealkylation sites (N-methyl/N-ethyl adjacent to an activating group) is 2. The zero-order chi connectivity index (χ0) is 27.1. The summed E-state index contributed by atoms with van der Waals surface area (Å²) in [4.78, 5) is 0. The van der Waals surface area contributed by atoms with Gasteiger partial charge in [0.25, 0.3) is 0 Å². The van der Waals surface area contributed by atoms with Crippen LogP contribution in [0.2, 0.25) is 0 Å². The second-order valence-corrected chi connectivity index (χ2v) is 13.2. The van der Waals surface area contributed by atoms with Gasteiger partial charge in [0.15, 0.2) is 5.70 Å². The number of fused-ring (bicyclic) bond motifs is 2. The van der Waals surface area contributed by atoms with E-state index in [9.17, 15) is 0 Å². The van der Waals surface area contributed by atoms with Crippen molar-refractivity contribution in [1.29, 1.82) is 0 Å². The van der Waals surface area contributed by atoms with E-state index >= 15 is 0 Å². The van der Waals surface area contributed by atoms with Crippen LogP contribution in [0.4, 0.5) is 0 Å². The Balaban J connectivity index is 0.00000361. The second-order valence-electron chi connectivity index (χ2n) is 11.0. The number of quaternary nitrogens is 2. The largest absolute Gasteiger partial charge is 1.00 e. The zero-order valence-electron chi connectivity index (χ0n) is 24.9. The average Bonchev–Trinajstić information content (AvgIpc) is 3.23. The van der Waals surface area contributed by atoms with E-state index in [4.69, 9.17) is 9.31 Å². The van der Waals surface area contributed by atoms with Crippen molar-refractivity contribution in [3.8, 4) is 0 Å². The topological polar surface area (TPSA) is 26.4 Å². The third-order valence-corrected chi connectivity index (χ3v) is 12.4. The Labute approximate surface area is 293 Å². The van der Waals surface area contributed by atoms with Crippen molar-refractivity contribution in [1.82, 2.24) is 4.48 Å². The molecule has 11 heteroatoms. The molecule has 0 radical (unpaired) electrons. The highest BCUT2D eigenvalue weighted by Crippen LogP contribution is 2.41. The van der Waals surface area contributed by atoms with Gasteiger partial charge in [0.1, 0.15) is 5.71 Å². The van der Waals surface area contributed by atoms with E-state index < -0.39 is 6.82 Å². The van der Waals surface area contributed by atoms with Crippen molar-refractivity contribution >= 4 is 63.8 Å². The first kappa shape index (κ1) is 37.3. The van der Waals surface area contributed by atoms with Crippen LogP contribution < -0.4 is 48.0 Å². The number of halogens is 4. The minimum Gasteiger partial charge on any atom is -1.00 e. The SMILES string of the molecule is CC[N+](C)(CC)CCO[B-]1(OCC[N+](C)(CC)CC)n2c(C)c(I)c(C)c2C=C2C(C)=C(I)C(C)=[N+]21.[I-].[I-]. The molecular formula is C27H47BI4N4O2. The predicted molar refractivity (Wildman–Crippen MR) is 170 cm³/mol. The van der Waals surface area contributed by atoms with Gasteiger partial charge in [0.2, 0.25) is 0 Å². The summed E-state index contributed by atoms with van der Waals surface area (Å²) in [5.41, 5.74) is 7.48. The lowest BCUT2D eigenvalue weighted by Crippen LogP contribution is -3.00. The number of hydrogen-bond acceptors (Lipinski definition) is 2. The molecule has 0 aromatic carbocycles. The van der Waals surface area contributed by atoms with Crippen molar-refractivity contribution in [2.24, 2.45) is 0 Å². The minimum absolute atomic E-state index is 0. The smallest absolute Gasteiger partial charge is 0.666 e. The van der Waals surface area contributed by atoms with E-state index in [0.29, 0.717) is 13.2 Å². The Morgan fingerprint density at radius 3 is 1.71 bits per heavy atom. The molecule has 2 aliphatic heterocycles. The Hall–Kier alpha value is 1.25. The first-order valence-electron chi connectivity index (χ1n) is 13.5. The summed E-state index contributed by atoms with van der Waals surface area (Å²) in [7, 11) is 4.64. The van der Waals surface area contributed by atoms with E-state index in [0.717, 1.165) is 48.2 Å². The van der Waals surface area contributed by atoms with Gasteiger partial charge in [-0.2, -0.15) is 0 Å². The first-order chi connectivity index (χ1) is 16.8. The third kappa shape index (κ3) is 6.74. The molecule has 3 heterocycles. The number of nitrogens with zero attached hydrogens (tertiary/aromatic N) is 4. The average molecular weight is 978 g/mol. The van der Waals surface area contributed by atoms with Gasteiger partial charge >= 0.3 is 6.82 Å². The van der Waals surface area contributed by atoms with Crippen LogP contribution in [0, 0.1) is 17.4 Å². The van der Waals surface area contributed by atoms with Crippen molar-refractivity contribution in [2.75, 3.05) is 66.6 Å². The van der Waals surface area contributed by atoms with E-state index in [-0.39, 0.29) is 48.0 Å². The summed E-state index contributed by atoms with van der Waals surface area (Å²) >= 11 is 4.99. The normalized spacial score (nSPS) is 16.7. The van der Waals surface area contributed by atoms with Crippen LogP contribution in [0.15, 0.2) is 14.8 Å². The molecule has 0 spiro atoms. The molecule has 0 saturated carbocycles. The van der Waals surface area contributed by atoms with Gasteiger partial charge in [-0.25, -0.2) is 0 Å². The molecule has 3 rings (SSSR count). The van der Waals surface area contributed by atoms with E-state index in [1.54, 1.807) is 0 Å². The van der Waals surface area contributed by atoms with Crippen molar-refractivity contribution in [2.45, 2.75) is 55.4 Å². The lowest BCUT2D eigenvalue weighted by molar-refractivity contribution is -0.906. The lowest BCUT2D eigenvalue weighted by Gasteiger charge is -2.43. The number of hydrogen-bond donors (Lipinski definition) is 0. The van der Waals surface area contributed by atoms with E-state index in [1.165, 1.54) is 41.1 Å². The highest BCUT2D eigenvalue weighted by atomic mass is 127. The zero-order valence-corrected chi connectivity index (χ0v) is 33.6. The Bertz CT molecular complexity index is 1080. The maximum Gasteiger partial charge on any atom is 0.666 e. The van der Waals surface area contributed by atoms with Crippen molar-refractivity contribution < 1.29 is 70.7 Å². The minimum atomic E-state index is -1.98. The van der Waals surface area contributed by atoms with Crippen LogP contribution in [0.1, 0.15) is 58.5 Å². The molecule has 0 saturated heterocycles. The lowest BCUT2D eigenvalue weighted by atomic mass is 9.81. The fraction of sp³-hybridized carbons (Fsp3) is 0.667. The summed E-state index contributed by atoms with van der Waals surface area (Å²) in [5.74, 6) is 0. The Morgan fingerprint density at radius 2 is 1.29 bits per heavy atom. The fourth-order valence-electron chi connectivity index (χ4n) is 5.42. The Kier molecular flexibility index (Phi) is 14.3. The molecule has 0 atom stereocenters. The predicted octanol–water partition coefficient (Wildman–Crippen LogP) is -0.442. The molecule has 0 unspecified atom stereocenters. The summed E-state index contributed by atoms with van der Waals surface area (Å²) in [6, 6.07) is 0. The van der Waals surface area contributed by atoms with Crippen LogP contribution in [0.5, 0.6) is 0 Å². The fourth-order valence-corrected chi connectivity index (χ4v) is 6.49.